The molecule has 1 saturated heterocycles. The van der Waals surface area contributed by atoms with E-state index in [0.29, 0.717) is 6.54 Å². The van der Waals surface area contributed by atoms with Gasteiger partial charge in [0.1, 0.15) is 0 Å². The van der Waals surface area contributed by atoms with Gasteiger partial charge in [0.25, 0.3) is 5.91 Å². The highest BCUT2D eigenvalue weighted by molar-refractivity contribution is 6.02. The number of aromatic nitrogens is 2. The Morgan fingerprint density at radius 2 is 2.11 bits per heavy atom. The van der Waals surface area contributed by atoms with Gasteiger partial charge in [0.2, 0.25) is 0 Å². The Bertz CT molecular complexity index is 452. The standard InChI is InChI=1S/C12H18N4O3/c17-11(9-10(12(18)19)15-8-14-9)13-4-7-16-5-2-1-3-6-16/h8H,1-7H2,(H,13,17)(H,14,15)(H,18,19). The predicted octanol–water partition coefficient (Wildman–Crippen LogP) is 0.324. The number of carbonyl (C=O) groups is 2. The molecule has 0 atom stereocenters. The molecular weight excluding hydrogens is 248 g/mol. The van der Waals surface area contributed by atoms with Gasteiger partial charge < -0.3 is 20.3 Å². The monoisotopic (exact) mass is 266 g/mol. The summed E-state index contributed by atoms with van der Waals surface area (Å²) in [5.74, 6) is -1.63. The Labute approximate surface area is 111 Å². The lowest BCUT2D eigenvalue weighted by molar-refractivity contribution is 0.0685. The predicted molar refractivity (Wildman–Crippen MR) is 68.2 cm³/mol. The second kappa shape index (κ2) is 6.33. The molecule has 0 unspecified atom stereocenters. The van der Waals surface area contributed by atoms with Crippen molar-refractivity contribution in [2.45, 2.75) is 19.3 Å². The van der Waals surface area contributed by atoms with Crippen LogP contribution in [0.5, 0.6) is 0 Å². The Hall–Kier alpha value is -1.89. The molecule has 0 saturated carbocycles. The van der Waals surface area contributed by atoms with E-state index < -0.39 is 11.9 Å². The Morgan fingerprint density at radius 3 is 2.79 bits per heavy atom. The molecule has 7 nitrogen and oxygen atoms in total. The maximum Gasteiger partial charge on any atom is 0.354 e. The smallest absolute Gasteiger partial charge is 0.354 e. The van der Waals surface area contributed by atoms with Crippen LogP contribution >= 0.6 is 0 Å². The van der Waals surface area contributed by atoms with Crippen LogP contribution in [0, 0.1) is 0 Å². The minimum absolute atomic E-state index is 0.0638. The number of nitrogens with one attached hydrogen (secondary N) is 2. The van der Waals surface area contributed by atoms with E-state index >= 15 is 0 Å². The normalized spacial score (nSPS) is 16.2. The summed E-state index contributed by atoms with van der Waals surface area (Å²) in [6.07, 6.45) is 4.90. The van der Waals surface area contributed by atoms with Gasteiger partial charge in [-0.1, -0.05) is 6.42 Å². The first-order valence-electron chi connectivity index (χ1n) is 6.45. The quantitative estimate of drug-likeness (QED) is 0.713. The van der Waals surface area contributed by atoms with Crippen LogP contribution in [-0.4, -0.2) is 58.0 Å². The summed E-state index contributed by atoms with van der Waals surface area (Å²) >= 11 is 0. The van der Waals surface area contributed by atoms with Crippen LogP contribution in [0.15, 0.2) is 6.33 Å². The molecule has 19 heavy (non-hydrogen) atoms. The van der Waals surface area contributed by atoms with Crippen LogP contribution < -0.4 is 5.32 Å². The van der Waals surface area contributed by atoms with Crippen molar-refractivity contribution in [1.82, 2.24) is 20.2 Å². The van der Waals surface area contributed by atoms with E-state index in [1.165, 1.54) is 25.6 Å². The van der Waals surface area contributed by atoms with Gasteiger partial charge in [-0.2, -0.15) is 0 Å². The van der Waals surface area contributed by atoms with Crippen LogP contribution in [0.3, 0.4) is 0 Å². The van der Waals surface area contributed by atoms with E-state index in [2.05, 4.69) is 20.2 Å². The zero-order valence-corrected chi connectivity index (χ0v) is 10.7. The van der Waals surface area contributed by atoms with Crippen molar-refractivity contribution >= 4 is 11.9 Å². The summed E-state index contributed by atoms with van der Waals surface area (Å²) in [6, 6.07) is 0. The lowest BCUT2D eigenvalue weighted by Crippen LogP contribution is -2.38. The molecule has 0 aliphatic carbocycles. The van der Waals surface area contributed by atoms with Crippen molar-refractivity contribution in [3.05, 3.63) is 17.7 Å². The van der Waals surface area contributed by atoms with Crippen LogP contribution in [0.25, 0.3) is 0 Å². The van der Waals surface area contributed by atoms with E-state index in [1.807, 2.05) is 0 Å². The van der Waals surface area contributed by atoms with Crippen molar-refractivity contribution < 1.29 is 14.7 Å². The molecule has 3 N–H and O–H groups in total. The first-order chi connectivity index (χ1) is 9.18. The Morgan fingerprint density at radius 1 is 1.37 bits per heavy atom. The molecule has 0 radical (unpaired) electrons. The van der Waals surface area contributed by atoms with Gasteiger partial charge in [0, 0.05) is 13.1 Å². The highest BCUT2D eigenvalue weighted by atomic mass is 16.4. The summed E-state index contributed by atoms with van der Waals surface area (Å²) in [5.41, 5.74) is -0.235. The summed E-state index contributed by atoms with van der Waals surface area (Å²) in [5, 5.41) is 11.6. The molecule has 7 heteroatoms. The zero-order chi connectivity index (χ0) is 13.7. The minimum Gasteiger partial charge on any atom is -0.477 e. The molecule has 0 spiro atoms. The number of carbonyl (C=O) groups excluding carboxylic acids is 1. The number of carboxylic acids is 1. The molecule has 1 aromatic rings. The average molecular weight is 266 g/mol. The number of aromatic amines is 1. The molecule has 0 bridgehead atoms. The fraction of sp³-hybridized carbons (Fsp3) is 0.583. The first kappa shape index (κ1) is 13.5. The lowest BCUT2D eigenvalue weighted by atomic mass is 10.1. The average Bonchev–Trinajstić information content (AvgIpc) is 2.89. The van der Waals surface area contributed by atoms with Gasteiger partial charge >= 0.3 is 5.97 Å². The highest BCUT2D eigenvalue weighted by Gasteiger charge is 2.19. The number of piperidine rings is 1. The van der Waals surface area contributed by atoms with Crippen molar-refractivity contribution in [2.75, 3.05) is 26.2 Å². The van der Waals surface area contributed by atoms with Crippen molar-refractivity contribution in [3.63, 3.8) is 0 Å². The van der Waals surface area contributed by atoms with Crippen molar-refractivity contribution in [3.8, 4) is 0 Å². The molecule has 0 aromatic carbocycles. The molecule has 2 rings (SSSR count). The molecule has 2 heterocycles. The maximum absolute atomic E-state index is 11.8. The summed E-state index contributed by atoms with van der Waals surface area (Å²) < 4.78 is 0. The maximum atomic E-state index is 11.8. The number of nitrogens with zero attached hydrogens (tertiary/aromatic N) is 2. The minimum atomic E-state index is -1.18. The number of H-pyrrole nitrogens is 1. The molecule has 1 aromatic heterocycles. The van der Waals surface area contributed by atoms with Gasteiger partial charge in [-0.05, 0) is 25.9 Å². The zero-order valence-electron chi connectivity index (χ0n) is 10.7. The van der Waals surface area contributed by atoms with Crippen LogP contribution in [0.2, 0.25) is 0 Å². The molecule has 1 aliphatic heterocycles. The van der Waals surface area contributed by atoms with Gasteiger partial charge in [-0.15, -0.1) is 0 Å². The summed E-state index contributed by atoms with van der Waals surface area (Å²) in [4.78, 5) is 31.1. The summed E-state index contributed by atoms with van der Waals surface area (Å²) in [6.45, 7) is 3.43. The van der Waals surface area contributed by atoms with Gasteiger partial charge in [-0.3, -0.25) is 4.79 Å². The molecule has 104 valence electrons. The summed E-state index contributed by atoms with van der Waals surface area (Å²) in [7, 11) is 0. The van der Waals surface area contributed by atoms with Crippen LogP contribution in [0.4, 0.5) is 0 Å². The third-order valence-electron chi connectivity index (χ3n) is 3.23. The molecule has 1 fully saturated rings. The third kappa shape index (κ3) is 3.54. The Kier molecular flexibility index (Phi) is 4.51. The number of aromatic carboxylic acids is 1. The van der Waals surface area contributed by atoms with E-state index in [4.69, 9.17) is 5.11 Å². The van der Waals surface area contributed by atoms with Crippen molar-refractivity contribution in [1.29, 1.82) is 0 Å². The number of rotatable bonds is 5. The largest absolute Gasteiger partial charge is 0.477 e. The van der Waals surface area contributed by atoms with Crippen LogP contribution in [-0.2, 0) is 0 Å². The third-order valence-corrected chi connectivity index (χ3v) is 3.23. The number of imidazole rings is 1. The molecule has 1 aliphatic rings. The number of likely N-dealkylation sites (tertiary alicyclic amines) is 1. The number of hydrogen-bond donors (Lipinski definition) is 3. The van der Waals surface area contributed by atoms with E-state index in [-0.39, 0.29) is 11.4 Å². The van der Waals surface area contributed by atoms with Gasteiger partial charge in [0.05, 0.1) is 6.33 Å². The second-order valence-electron chi connectivity index (χ2n) is 4.59. The SMILES string of the molecule is O=C(NCCN1CCCCC1)c1nc[nH]c1C(=O)O. The van der Waals surface area contributed by atoms with E-state index in [9.17, 15) is 9.59 Å². The topological polar surface area (TPSA) is 98.3 Å². The Balaban J connectivity index is 1.80. The number of carboxylic acid groups (broad SMARTS) is 1. The number of hydrogen-bond acceptors (Lipinski definition) is 4. The second-order valence-corrected chi connectivity index (χ2v) is 4.59. The van der Waals surface area contributed by atoms with Gasteiger partial charge in [0.15, 0.2) is 11.4 Å². The number of amides is 1. The lowest BCUT2D eigenvalue weighted by Gasteiger charge is -2.26. The fourth-order valence-corrected chi connectivity index (χ4v) is 2.22. The molecular formula is C12H18N4O3. The first-order valence-corrected chi connectivity index (χ1v) is 6.45. The van der Waals surface area contributed by atoms with Crippen LogP contribution in [0.1, 0.15) is 40.2 Å². The van der Waals surface area contributed by atoms with E-state index in [1.54, 1.807) is 0 Å². The molecule has 1 amide bonds. The fourth-order valence-electron chi connectivity index (χ4n) is 2.22. The van der Waals surface area contributed by atoms with Crippen molar-refractivity contribution in [2.24, 2.45) is 0 Å². The van der Waals surface area contributed by atoms with E-state index in [0.717, 1.165) is 19.6 Å². The highest BCUT2D eigenvalue weighted by Crippen LogP contribution is 2.07. The van der Waals surface area contributed by atoms with Gasteiger partial charge in [-0.25, -0.2) is 9.78 Å².